The molecule has 0 bridgehead atoms. The molecule has 0 aliphatic carbocycles. The molecule has 1 amide bonds. The first kappa shape index (κ1) is 17.8. The minimum atomic E-state index is -0.951. The fraction of sp³-hybridized carbons (Fsp3) is 0.263. The van der Waals surface area contributed by atoms with Gasteiger partial charge in [-0.1, -0.05) is 47.5 Å². The number of carbonyl (C=O) groups is 2. The van der Waals surface area contributed by atoms with Gasteiger partial charge in [0.05, 0.1) is 15.6 Å². The third-order valence-electron chi connectivity index (χ3n) is 4.24. The van der Waals surface area contributed by atoms with Crippen molar-refractivity contribution in [3.8, 4) is 0 Å². The van der Waals surface area contributed by atoms with Gasteiger partial charge < -0.3 is 9.64 Å². The molecule has 0 saturated carbocycles. The van der Waals surface area contributed by atoms with Gasteiger partial charge in [0.2, 0.25) is 0 Å². The van der Waals surface area contributed by atoms with Crippen LogP contribution in [0.1, 0.15) is 29.8 Å². The summed E-state index contributed by atoms with van der Waals surface area (Å²) in [4.78, 5) is 26.9. The topological polar surface area (TPSA) is 46.6 Å². The molecule has 1 heterocycles. The Bertz CT molecular complexity index is 817. The Labute approximate surface area is 156 Å². The van der Waals surface area contributed by atoms with Gasteiger partial charge >= 0.3 is 5.97 Å². The van der Waals surface area contributed by atoms with Crippen LogP contribution >= 0.6 is 23.2 Å². The second-order valence-electron chi connectivity index (χ2n) is 6.03. The zero-order valence-corrected chi connectivity index (χ0v) is 15.3. The van der Waals surface area contributed by atoms with Crippen molar-refractivity contribution >= 4 is 40.8 Å². The molecule has 3 rings (SSSR count). The maximum Gasteiger partial charge on any atom is 0.341 e. The molecule has 0 N–H and O–H groups in total. The van der Waals surface area contributed by atoms with Crippen LogP contribution in [0, 0.1) is 0 Å². The Morgan fingerprint density at radius 2 is 1.76 bits per heavy atom. The maximum absolute atomic E-state index is 12.8. The molecule has 2 aromatic rings. The van der Waals surface area contributed by atoms with Gasteiger partial charge in [-0.25, -0.2) is 4.79 Å². The molecule has 130 valence electrons. The van der Waals surface area contributed by atoms with E-state index in [0.29, 0.717) is 0 Å². The fourth-order valence-corrected chi connectivity index (χ4v) is 3.61. The van der Waals surface area contributed by atoms with Gasteiger partial charge in [0.15, 0.2) is 6.10 Å². The first-order chi connectivity index (χ1) is 11.9. The van der Waals surface area contributed by atoms with Crippen molar-refractivity contribution in [2.75, 3.05) is 4.90 Å². The summed E-state index contributed by atoms with van der Waals surface area (Å²) in [7, 11) is 0. The maximum atomic E-state index is 12.8. The number of halogens is 2. The molecule has 2 atom stereocenters. The number of para-hydroxylation sites is 1. The number of rotatable bonds is 3. The highest BCUT2D eigenvalue weighted by Crippen LogP contribution is 2.33. The predicted molar refractivity (Wildman–Crippen MR) is 98.4 cm³/mol. The number of fused-ring (bicyclic) bond motifs is 1. The second kappa shape index (κ2) is 7.06. The second-order valence-corrected chi connectivity index (χ2v) is 6.85. The average molecular weight is 378 g/mol. The smallest absolute Gasteiger partial charge is 0.341 e. The van der Waals surface area contributed by atoms with Crippen LogP contribution in [-0.2, 0) is 16.0 Å². The Balaban J connectivity index is 1.79. The largest absolute Gasteiger partial charge is 0.449 e. The molecule has 2 aromatic carbocycles. The number of ether oxygens (including phenoxy) is 1. The number of esters is 1. The van der Waals surface area contributed by atoms with Crippen molar-refractivity contribution in [1.82, 2.24) is 0 Å². The normalized spacial score (nSPS) is 17.1. The lowest BCUT2D eigenvalue weighted by Gasteiger charge is -2.26. The minimum absolute atomic E-state index is 0.00922. The molecule has 6 heteroatoms. The first-order valence-corrected chi connectivity index (χ1v) is 8.71. The predicted octanol–water partition coefficient (Wildman–Crippen LogP) is 4.52. The highest BCUT2D eigenvalue weighted by molar-refractivity contribution is 6.39. The summed E-state index contributed by atoms with van der Waals surface area (Å²) in [6, 6.07) is 12.5. The number of benzene rings is 2. The SMILES string of the molecule is C[C@@H](OC(=O)c1c(Cl)cccc1Cl)C(=O)N1c2ccccc2C[C@@H]1C. The van der Waals surface area contributed by atoms with Gasteiger partial charge in [-0.15, -0.1) is 0 Å². The number of hydrogen-bond donors (Lipinski definition) is 0. The van der Waals surface area contributed by atoms with E-state index in [1.54, 1.807) is 30.0 Å². The first-order valence-electron chi connectivity index (χ1n) is 7.96. The van der Waals surface area contributed by atoms with Crippen molar-refractivity contribution in [2.24, 2.45) is 0 Å². The van der Waals surface area contributed by atoms with Gasteiger partial charge in [-0.3, -0.25) is 4.79 Å². The molecule has 4 nitrogen and oxygen atoms in total. The quantitative estimate of drug-likeness (QED) is 0.738. The molecule has 1 aliphatic rings. The lowest BCUT2D eigenvalue weighted by Crippen LogP contribution is -2.43. The summed E-state index contributed by atoms with van der Waals surface area (Å²) in [5, 5.41) is 0.383. The van der Waals surface area contributed by atoms with E-state index in [-0.39, 0.29) is 27.6 Å². The van der Waals surface area contributed by atoms with Gasteiger partial charge in [0.1, 0.15) is 0 Å². The molecule has 25 heavy (non-hydrogen) atoms. The number of hydrogen-bond acceptors (Lipinski definition) is 3. The molecule has 0 unspecified atom stereocenters. The molecule has 0 radical (unpaired) electrons. The van der Waals surface area contributed by atoms with Gasteiger partial charge in [-0.2, -0.15) is 0 Å². The van der Waals surface area contributed by atoms with E-state index in [9.17, 15) is 9.59 Å². The van der Waals surface area contributed by atoms with E-state index in [4.69, 9.17) is 27.9 Å². The van der Waals surface area contributed by atoms with Crippen LogP contribution in [0.15, 0.2) is 42.5 Å². The Kier molecular flexibility index (Phi) is 5.02. The summed E-state index contributed by atoms with van der Waals surface area (Å²) in [6.07, 6.45) is -0.174. The summed E-state index contributed by atoms with van der Waals surface area (Å²) in [6.45, 7) is 3.52. The van der Waals surface area contributed by atoms with Gasteiger partial charge in [-0.05, 0) is 44.0 Å². The Morgan fingerprint density at radius 1 is 1.12 bits per heavy atom. The average Bonchev–Trinajstić information content (AvgIpc) is 2.89. The minimum Gasteiger partial charge on any atom is -0.449 e. The van der Waals surface area contributed by atoms with E-state index in [1.165, 1.54) is 0 Å². The number of amides is 1. The summed E-state index contributed by atoms with van der Waals surface area (Å²) >= 11 is 12.0. The van der Waals surface area contributed by atoms with E-state index in [0.717, 1.165) is 17.7 Å². The van der Waals surface area contributed by atoms with Crippen molar-refractivity contribution in [1.29, 1.82) is 0 Å². The standard InChI is InChI=1S/C19H17Cl2NO3/c1-11-10-13-6-3-4-9-16(13)22(11)18(23)12(2)25-19(24)17-14(20)7-5-8-15(17)21/h3-9,11-12H,10H2,1-2H3/t11-,12+/m0/s1. The van der Waals surface area contributed by atoms with Crippen molar-refractivity contribution in [3.05, 3.63) is 63.6 Å². The van der Waals surface area contributed by atoms with Crippen LogP contribution in [0.5, 0.6) is 0 Å². The third kappa shape index (κ3) is 3.37. The van der Waals surface area contributed by atoms with E-state index in [2.05, 4.69) is 0 Å². The molecule has 0 fully saturated rings. The van der Waals surface area contributed by atoms with E-state index >= 15 is 0 Å². The van der Waals surface area contributed by atoms with Crippen LogP contribution in [0.3, 0.4) is 0 Å². The summed E-state index contributed by atoms with van der Waals surface area (Å²) in [5.74, 6) is -0.981. The van der Waals surface area contributed by atoms with Crippen LogP contribution in [0.2, 0.25) is 10.0 Å². The van der Waals surface area contributed by atoms with E-state index < -0.39 is 12.1 Å². The van der Waals surface area contributed by atoms with Crippen molar-refractivity contribution < 1.29 is 14.3 Å². The lowest BCUT2D eigenvalue weighted by molar-refractivity contribution is -0.126. The monoisotopic (exact) mass is 377 g/mol. The molecular weight excluding hydrogens is 361 g/mol. The van der Waals surface area contributed by atoms with Crippen LogP contribution in [0.4, 0.5) is 5.69 Å². The molecule has 1 aliphatic heterocycles. The van der Waals surface area contributed by atoms with E-state index in [1.807, 2.05) is 31.2 Å². The fourth-order valence-electron chi connectivity index (χ4n) is 3.06. The van der Waals surface area contributed by atoms with Crippen molar-refractivity contribution in [2.45, 2.75) is 32.4 Å². The van der Waals surface area contributed by atoms with Crippen LogP contribution in [0.25, 0.3) is 0 Å². The molecule has 0 saturated heterocycles. The highest BCUT2D eigenvalue weighted by atomic mass is 35.5. The zero-order chi connectivity index (χ0) is 18.1. The molecular formula is C19H17Cl2NO3. The number of carbonyl (C=O) groups excluding carboxylic acids is 2. The third-order valence-corrected chi connectivity index (χ3v) is 4.87. The van der Waals surface area contributed by atoms with Gasteiger partial charge in [0.25, 0.3) is 5.91 Å². The van der Waals surface area contributed by atoms with Crippen molar-refractivity contribution in [3.63, 3.8) is 0 Å². The van der Waals surface area contributed by atoms with Crippen LogP contribution < -0.4 is 4.90 Å². The van der Waals surface area contributed by atoms with Gasteiger partial charge in [0, 0.05) is 11.7 Å². The zero-order valence-electron chi connectivity index (χ0n) is 13.8. The van der Waals surface area contributed by atoms with Crippen LogP contribution in [-0.4, -0.2) is 24.0 Å². The molecule has 0 spiro atoms. The number of anilines is 1. The Hall–Kier alpha value is -2.04. The highest BCUT2D eigenvalue weighted by Gasteiger charge is 2.34. The summed E-state index contributed by atoms with van der Waals surface area (Å²) < 4.78 is 5.34. The lowest BCUT2D eigenvalue weighted by atomic mass is 10.1. The Morgan fingerprint density at radius 3 is 2.44 bits per heavy atom. The summed E-state index contributed by atoms with van der Waals surface area (Å²) in [5.41, 5.74) is 2.04. The molecule has 0 aromatic heterocycles. The number of nitrogens with zero attached hydrogens (tertiary/aromatic N) is 1.